The van der Waals surface area contributed by atoms with Crippen LogP contribution in [0.1, 0.15) is 73.1 Å². The van der Waals surface area contributed by atoms with Crippen molar-refractivity contribution in [3.05, 3.63) is 0 Å². The van der Waals surface area contributed by atoms with Crippen molar-refractivity contribution >= 4 is 5.91 Å². The molecule has 2 bridgehead atoms. The molecule has 3 aliphatic rings. The average Bonchev–Trinajstić information content (AvgIpc) is 2.58. The number of fused-ring (bicyclic) bond motifs is 2. The second-order valence-corrected chi connectivity index (χ2v) is 9.14. The number of carbonyl (C=O) groups is 1. The van der Waals surface area contributed by atoms with Crippen LogP contribution in [0.2, 0.25) is 0 Å². The van der Waals surface area contributed by atoms with E-state index < -0.39 is 0 Å². The van der Waals surface area contributed by atoms with E-state index in [0.717, 1.165) is 32.1 Å². The normalized spacial score (nSPS) is 41.0. The maximum absolute atomic E-state index is 12.7. The summed E-state index contributed by atoms with van der Waals surface area (Å²) in [5.41, 5.74) is -0.285. The lowest BCUT2D eigenvalue weighted by molar-refractivity contribution is -0.321. The monoisotopic (exact) mass is 308 g/mol. The topological polar surface area (TPSA) is 32.8 Å². The van der Waals surface area contributed by atoms with Crippen LogP contribution in [-0.4, -0.2) is 46.1 Å². The molecular weight excluding hydrogens is 276 g/mol. The van der Waals surface area contributed by atoms with Crippen molar-refractivity contribution < 1.29 is 9.63 Å². The fourth-order valence-electron chi connectivity index (χ4n) is 5.07. The van der Waals surface area contributed by atoms with E-state index in [-0.39, 0.29) is 28.5 Å². The molecule has 22 heavy (non-hydrogen) atoms. The third kappa shape index (κ3) is 2.30. The Morgan fingerprint density at radius 2 is 1.64 bits per heavy atom. The number of nitrogens with zero attached hydrogens (tertiary/aromatic N) is 2. The molecule has 3 rings (SSSR count). The van der Waals surface area contributed by atoms with Crippen molar-refractivity contribution in [3.63, 3.8) is 0 Å². The van der Waals surface area contributed by atoms with E-state index >= 15 is 0 Å². The maximum Gasteiger partial charge on any atom is 0.231 e. The molecule has 4 heteroatoms. The predicted octanol–water partition coefficient (Wildman–Crippen LogP) is 3.36. The summed E-state index contributed by atoms with van der Waals surface area (Å²) >= 11 is 0. The van der Waals surface area contributed by atoms with Gasteiger partial charge in [-0.2, -0.15) is 5.06 Å². The van der Waals surface area contributed by atoms with E-state index in [0.29, 0.717) is 6.04 Å². The quantitative estimate of drug-likeness (QED) is 0.784. The van der Waals surface area contributed by atoms with E-state index in [4.69, 9.17) is 4.84 Å². The highest BCUT2D eigenvalue weighted by molar-refractivity contribution is 5.85. The summed E-state index contributed by atoms with van der Waals surface area (Å²) in [6, 6.07) is 0.416. The van der Waals surface area contributed by atoms with Crippen molar-refractivity contribution in [2.24, 2.45) is 5.41 Å². The first-order valence-electron chi connectivity index (χ1n) is 8.82. The first-order chi connectivity index (χ1) is 10.1. The molecule has 2 aliphatic heterocycles. The summed E-state index contributed by atoms with van der Waals surface area (Å²) in [5, 5.41) is 2.23. The Bertz CT molecular complexity index is 458. The molecule has 2 saturated heterocycles. The summed E-state index contributed by atoms with van der Waals surface area (Å²) in [6.45, 7) is 11.2. The predicted molar refractivity (Wildman–Crippen MR) is 87.2 cm³/mol. The molecule has 4 nitrogen and oxygen atoms in total. The number of likely N-dealkylation sites (tertiary alicyclic amines) is 1. The molecule has 0 radical (unpaired) electrons. The lowest BCUT2D eigenvalue weighted by Gasteiger charge is -2.54. The van der Waals surface area contributed by atoms with Gasteiger partial charge in [-0.05, 0) is 73.1 Å². The Morgan fingerprint density at radius 1 is 1.05 bits per heavy atom. The van der Waals surface area contributed by atoms with Gasteiger partial charge in [0.2, 0.25) is 5.91 Å². The largest absolute Gasteiger partial charge is 0.342 e. The lowest BCUT2D eigenvalue weighted by Crippen LogP contribution is -2.61. The van der Waals surface area contributed by atoms with Gasteiger partial charge >= 0.3 is 0 Å². The Balaban J connectivity index is 1.84. The van der Waals surface area contributed by atoms with Gasteiger partial charge in [0, 0.05) is 24.2 Å². The highest BCUT2D eigenvalue weighted by atomic mass is 16.7. The fourth-order valence-corrected chi connectivity index (χ4v) is 5.07. The minimum Gasteiger partial charge on any atom is -0.342 e. The molecule has 0 aromatic heterocycles. The number of hydroxylamine groups is 2. The van der Waals surface area contributed by atoms with Crippen molar-refractivity contribution in [2.45, 2.75) is 96.4 Å². The van der Waals surface area contributed by atoms with Gasteiger partial charge in [-0.15, -0.1) is 0 Å². The van der Waals surface area contributed by atoms with E-state index in [1.54, 1.807) is 0 Å². The molecule has 0 unspecified atom stereocenters. The van der Waals surface area contributed by atoms with Gasteiger partial charge in [0.05, 0.1) is 11.5 Å². The van der Waals surface area contributed by atoms with Crippen LogP contribution in [-0.2, 0) is 9.63 Å². The molecule has 0 aromatic carbocycles. The molecule has 0 aromatic rings. The zero-order valence-electron chi connectivity index (χ0n) is 15.1. The van der Waals surface area contributed by atoms with Gasteiger partial charge in [-0.25, -0.2) is 0 Å². The molecule has 1 aliphatic carbocycles. The molecule has 3 fully saturated rings. The van der Waals surface area contributed by atoms with Crippen LogP contribution < -0.4 is 0 Å². The van der Waals surface area contributed by atoms with Crippen molar-refractivity contribution in [1.29, 1.82) is 0 Å². The van der Waals surface area contributed by atoms with Gasteiger partial charge in [0.1, 0.15) is 0 Å². The number of carbonyl (C=O) groups excluding carboxylic acids is 1. The van der Waals surface area contributed by atoms with Crippen molar-refractivity contribution in [2.75, 3.05) is 7.05 Å². The molecular formula is C18H32N2O2. The molecule has 3 atom stereocenters. The minimum absolute atomic E-state index is 0.0119. The van der Waals surface area contributed by atoms with Crippen LogP contribution in [0, 0.1) is 5.41 Å². The standard InChI is InChI=1S/C18H32N2O2/c1-16(2)10-7-11-17(3,4)20(16)22-14-9-8-13-12-18(14,5)15(21)19(13)6/h13-14H,7-12H2,1-6H3/t13-,14-,18-/m1/s1. The summed E-state index contributed by atoms with van der Waals surface area (Å²) < 4.78 is 0. The van der Waals surface area contributed by atoms with Crippen molar-refractivity contribution in [3.8, 4) is 0 Å². The van der Waals surface area contributed by atoms with E-state index in [9.17, 15) is 4.79 Å². The third-order valence-corrected chi connectivity index (χ3v) is 6.40. The van der Waals surface area contributed by atoms with Gasteiger partial charge < -0.3 is 4.90 Å². The second-order valence-electron chi connectivity index (χ2n) is 9.14. The first-order valence-corrected chi connectivity index (χ1v) is 8.82. The van der Waals surface area contributed by atoms with E-state index in [1.807, 2.05) is 11.9 Å². The van der Waals surface area contributed by atoms with Gasteiger partial charge in [-0.3, -0.25) is 9.63 Å². The molecule has 126 valence electrons. The van der Waals surface area contributed by atoms with Crippen LogP contribution in [0.25, 0.3) is 0 Å². The third-order valence-electron chi connectivity index (χ3n) is 6.40. The molecule has 1 saturated carbocycles. The highest BCUT2D eigenvalue weighted by Crippen LogP contribution is 2.49. The molecule has 2 heterocycles. The summed E-state index contributed by atoms with van der Waals surface area (Å²) in [6.07, 6.45) is 6.55. The molecule has 1 amide bonds. The molecule has 0 spiro atoms. The van der Waals surface area contributed by atoms with Crippen LogP contribution in [0.5, 0.6) is 0 Å². The summed E-state index contributed by atoms with van der Waals surface area (Å²) in [4.78, 5) is 21.3. The number of amides is 1. The fraction of sp³-hybridized carbons (Fsp3) is 0.944. The van der Waals surface area contributed by atoms with Crippen LogP contribution in [0.3, 0.4) is 0 Å². The number of rotatable bonds is 2. The zero-order valence-corrected chi connectivity index (χ0v) is 15.1. The highest BCUT2D eigenvalue weighted by Gasteiger charge is 2.57. The smallest absolute Gasteiger partial charge is 0.231 e. The number of piperidine rings is 1. The second kappa shape index (κ2) is 4.94. The summed E-state index contributed by atoms with van der Waals surface area (Å²) in [5.74, 6) is 0.271. The number of hydrogen-bond acceptors (Lipinski definition) is 3. The maximum atomic E-state index is 12.7. The average molecular weight is 308 g/mol. The Hall–Kier alpha value is -0.610. The van der Waals surface area contributed by atoms with Gasteiger partial charge in [-0.1, -0.05) is 0 Å². The van der Waals surface area contributed by atoms with Crippen molar-refractivity contribution in [1.82, 2.24) is 9.96 Å². The van der Waals surface area contributed by atoms with Crippen LogP contribution in [0.15, 0.2) is 0 Å². The SMILES string of the molecule is CN1C(=O)[C@]2(C)C[C@H]1CC[C@H]2ON1C(C)(C)CCCC1(C)C. The van der Waals surface area contributed by atoms with Crippen LogP contribution >= 0.6 is 0 Å². The Labute approximate surface area is 135 Å². The summed E-state index contributed by atoms with van der Waals surface area (Å²) in [7, 11) is 1.95. The van der Waals surface area contributed by atoms with E-state index in [2.05, 4.69) is 39.7 Å². The van der Waals surface area contributed by atoms with Gasteiger partial charge in [0.25, 0.3) is 0 Å². The lowest BCUT2D eigenvalue weighted by atomic mass is 9.74. The Morgan fingerprint density at radius 3 is 2.23 bits per heavy atom. The minimum atomic E-state index is -0.346. The zero-order chi connectivity index (χ0) is 16.3. The number of hydrogen-bond donors (Lipinski definition) is 0. The van der Waals surface area contributed by atoms with Crippen LogP contribution in [0.4, 0.5) is 0 Å². The van der Waals surface area contributed by atoms with Gasteiger partial charge in [0.15, 0.2) is 0 Å². The molecule has 0 N–H and O–H groups in total. The Kier molecular flexibility index (Phi) is 3.65. The first kappa shape index (κ1) is 16.3. The van der Waals surface area contributed by atoms with E-state index in [1.165, 1.54) is 6.42 Å².